The SMILES string of the molecule is O=C(O)C[C@H](NC(=O)c1coc2cc(O)ccc12)c1cccnc1. The molecule has 2 heterocycles. The van der Waals surface area contributed by atoms with Crippen LogP contribution in [0.3, 0.4) is 0 Å². The number of nitrogens with one attached hydrogen (secondary N) is 1. The van der Waals surface area contributed by atoms with Crippen LogP contribution >= 0.6 is 0 Å². The molecule has 7 heteroatoms. The molecule has 0 radical (unpaired) electrons. The number of phenols is 1. The smallest absolute Gasteiger partial charge is 0.305 e. The number of benzene rings is 1. The molecular weight excluding hydrogens is 312 g/mol. The molecule has 0 bridgehead atoms. The minimum Gasteiger partial charge on any atom is -0.508 e. The van der Waals surface area contributed by atoms with Gasteiger partial charge < -0.3 is 19.9 Å². The van der Waals surface area contributed by atoms with E-state index < -0.39 is 17.9 Å². The molecule has 0 aliphatic rings. The summed E-state index contributed by atoms with van der Waals surface area (Å²) in [4.78, 5) is 27.6. The maximum atomic E-state index is 12.5. The van der Waals surface area contributed by atoms with E-state index >= 15 is 0 Å². The van der Waals surface area contributed by atoms with Crippen molar-refractivity contribution in [3.05, 3.63) is 60.1 Å². The number of nitrogens with zero attached hydrogens (tertiary/aromatic N) is 1. The summed E-state index contributed by atoms with van der Waals surface area (Å²) in [6, 6.07) is 7.08. The number of carboxylic acid groups (broad SMARTS) is 1. The van der Waals surface area contributed by atoms with Crippen molar-refractivity contribution in [1.82, 2.24) is 10.3 Å². The topological polar surface area (TPSA) is 113 Å². The van der Waals surface area contributed by atoms with Crippen molar-refractivity contribution in [2.45, 2.75) is 12.5 Å². The first kappa shape index (κ1) is 15.5. The Labute approximate surface area is 136 Å². The molecule has 0 aliphatic heterocycles. The fourth-order valence-corrected chi connectivity index (χ4v) is 2.44. The second-order valence-electron chi connectivity index (χ2n) is 5.24. The highest BCUT2D eigenvalue weighted by Gasteiger charge is 2.21. The maximum Gasteiger partial charge on any atom is 0.305 e. The van der Waals surface area contributed by atoms with Gasteiger partial charge in [0.25, 0.3) is 5.91 Å². The van der Waals surface area contributed by atoms with Crippen molar-refractivity contribution in [2.24, 2.45) is 0 Å². The fraction of sp³-hybridized carbons (Fsp3) is 0.118. The Balaban J connectivity index is 1.88. The molecule has 122 valence electrons. The van der Waals surface area contributed by atoms with Gasteiger partial charge in [0.1, 0.15) is 17.6 Å². The standard InChI is InChI=1S/C17H14N2O5/c20-11-3-4-12-13(9-24-15(12)6-11)17(23)19-14(7-16(21)22)10-2-1-5-18-8-10/h1-6,8-9,14,20H,7H2,(H,19,23)(H,21,22)/t14-/m0/s1. The van der Waals surface area contributed by atoms with E-state index in [1.807, 2.05) is 0 Å². The molecule has 0 saturated carbocycles. The van der Waals surface area contributed by atoms with Crippen LogP contribution in [-0.2, 0) is 4.79 Å². The van der Waals surface area contributed by atoms with Crippen molar-refractivity contribution in [3.8, 4) is 5.75 Å². The van der Waals surface area contributed by atoms with Crippen LogP contribution in [0.5, 0.6) is 5.75 Å². The Bertz CT molecular complexity index is 888. The minimum absolute atomic E-state index is 0.0305. The highest BCUT2D eigenvalue weighted by atomic mass is 16.4. The van der Waals surface area contributed by atoms with Crippen molar-refractivity contribution in [1.29, 1.82) is 0 Å². The molecule has 0 unspecified atom stereocenters. The first-order chi connectivity index (χ1) is 11.5. The molecule has 0 spiro atoms. The van der Waals surface area contributed by atoms with Gasteiger partial charge in [-0.05, 0) is 23.8 Å². The number of aliphatic carboxylic acids is 1. The molecule has 3 aromatic rings. The monoisotopic (exact) mass is 326 g/mol. The molecular formula is C17H14N2O5. The van der Waals surface area contributed by atoms with Crippen molar-refractivity contribution in [2.75, 3.05) is 0 Å². The van der Waals surface area contributed by atoms with Crippen LogP contribution in [0.25, 0.3) is 11.0 Å². The second kappa shape index (κ2) is 6.41. The van der Waals surface area contributed by atoms with Crippen LogP contribution in [-0.4, -0.2) is 27.1 Å². The van der Waals surface area contributed by atoms with Crippen LogP contribution in [0, 0.1) is 0 Å². The lowest BCUT2D eigenvalue weighted by Gasteiger charge is -2.16. The second-order valence-corrected chi connectivity index (χ2v) is 5.24. The number of rotatable bonds is 5. The Morgan fingerprint density at radius 3 is 2.83 bits per heavy atom. The van der Waals surface area contributed by atoms with Gasteiger partial charge in [0.15, 0.2) is 0 Å². The minimum atomic E-state index is -1.04. The molecule has 24 heavy (non-hydrogen) atoms. The predicted molar refractivity (Wildman–Crippen MR) is 84.6 cm³/mol. The Morgan fingerprint density at radius 1 is 1.29 bits per heavy atom. The first-order valence-electron chi connectivity index (χ1n) is 7.17. The summed E-state index contributed by atoms with van der Waals surface area (Å²) >= 11 is 0. The molecule has 0 fully saturated rings. The van der Waals surface area contributed by atoms with E-state index in [0.717, 1.165) is 0 Å². The molecule has 1 aromatic carbocycles. The number of pyridine rings is 1. The van der Waals surface area contributed by atoms with E-state index in [1.165, 1.54) is 24.6 Å². The lowest BCUT2D eigenvalue weighted by atomic mass is 10.0. The van der Waals surface area contributed by atoms with Gasteiger partial charge in [-0.25, -0.2) is 0 Å². The van der Waals surface area contributed by atoms with Crippen LogP contribution in [0.1, 0.15) is 28.4 Å². The zero-order valence-electron chi connectivity index (χ0n) is 12.5. The average molecular weight is 326 g/mol. The molecule has 7 nitrogen and oxygen atoms in total. The largest absolute Gasteiger partial charge is 0.508 e. The van der Waals surface area contributed by atoms with E-state index in [-0.39, 0.29) is 17.7 Å². The molecule has 3 N–H and O–H groups in total. The summed E-state index contributed by atoms with van der Waals surface area (Å²) < 4.78 is 5.27. The van der Waals surface area contributed by atoms with Crippen molar-refractivity contribution < 1.29 is 24.2 Å². The number of carbonyl (C=O) groups is 2. The van der Waals surface area contributed by atoms with Gasteiger partial charge in [-0.3, -0.25) is 14.6 Å². The third-order valence-corrected chi connectivity index (χ3v) is 3.57. The number of hydrogen-bond donors (Lipinski definition) is 3. The molecule has 1 amide bonds. The number of fused-ring (bicyclic) bond motifs is 1. The lowest BCUT2D eigenvalue weighted by Crippen LogP contribution is -2.30. The Hall–Kier alpha value is -3.35. The number of furan rings is 1. The van der Waals surface area contributed by atoms with Gasteiger partial charge in [0, 0.05) is 23.8 Å². The highest BCUT2D eigenvalue weighted by Crippen LogP contribution is 2.26. The number of amides is 1. The Kier molecular flexibility index (Phi) is 4.15. The summed E-state index contributed by atoms with van der Waals surface area (Å²) in [5.74, 6) is -1.47. The van der Waals surface area contributed by atoms with Gasteiger partial charge in [0.2, 0.25) is 0 Å². The molecule has 2 aromatic heterocycles. The van der Waals surface area contributed by atoms with Gasteiger partial charge in [-0.1, -0.05) is 6.07 Å². The summed E-state index contributed by atoms with van der Waals surface area (Å²) in [7, 11) is 0. The molecule has 1 atom stereocenters. The predicted octanol–water partition coefficient (Wildman–Crippen LogP) is 2.48. The number of aromatic nitrogens is 1. The summed E-state index contributed by atoms with van der Waals surface area (Å²) in [5.41, 5.74) is 1.24. The summed E-state index contributed by atoms with van der Waals surface area (Å²) in [5, 5.41) is 21.7. The van der Waals surface area contributed by atoms with E-state index in [1.54, 1.807) is 24.4 Å². The normalized spacial score (nSPS) is 12.0. The van der Waals surface area contributed by atoms with Crippen molar-refractivity contribution >= 4 is 22.8 Å². The third-order valence-electron chi connectivity index (χ3n) is 3.57. The summed E-state index contributed by atoms with van der Waals surface area (Å²) in [6.45, 7) is 0. The van der Waals surface area contributed by atoms with Crippen LogP contribution < -0.4 is 5.32 Å². The van der Waals surface area contributed by atoms with Gasteiger partial charge in [0.05, 0.1) is 18.0 Å². The highest BCUT2D eigenvalue weighted by molar-refractivity contribution is 6.06. The number of phenolic OH excluding ortho intramolecular Hbond substituents is 1. The fourth-order valence-electron chi connectivity index (χ4n) is 2.44. The number of carbonyl (C=O) groups excluding carboxylic acids is 1. The van der Waals surface area contributed by atoms with E-state index in [4.69, 9.17) is 9.52 Å². The maximum absolute atomic E-state index is 12.5. The van der Waals surface area contributed by atoms with Gasteiger partial charge in [-0.15, -0.1) is 0 Å². The number of aromatic hydroxyl groups is 1. The first-order valence-corrected chi connectivity index (χ1v) is 7.17. The zero-order chi connectivity index (χ0) is 17.1. The van der Waals surface area contributed by atoms with Crippen molar-refractivity contribution in [3.63, 3.8) is 0 Å². The molecule has 0 saturated heterocycles. The Morgan fingerprint density at radius 2 is 2.12 bits per heavy atom. The van der Waals surface area contributed by atoms with Gasteiger partial charge >= 0.3 is 5.97 Å². The number of carboxylic acids is 1. The quantitative estimate of drug-likeness (QED) is 0.664. The summed E-state index contributed by atoms with van der Waals surface area (Å²) in [6.07, 6.45) is 4.09. The molecule has 0 aliphatic carbocycles. The van der Waals surface area contributed by atoms with E-state index in [0.29, 0.717) is 16.5 Å². The zero-order valence-corrected chi connectivity index (χ0v) is 12.5. The van der Waals surface area contributed by atoms with Crippen LogP contribution in [0.15, 0.2) is 53.4 Å². The van der Waals surface area contributed by atoms with E-state index in [9.17, 15) is 14.7 Å². The van der Waals surface area contributed by atoms with Crippen LogP contribution in [0.2, 0.25) is 0 Å². The van der Waals surface area contributed by atoms with Crippen LogP contribution in [0.4, 0.5) is 0 Å². The third kappa shape index (κ3) is 3.19. The molecule has 3 rings (SSSR count). The lowest BCUT2D eigenvalue weighted by molar-refractivity contribution is -0.137. The average Bonchev–Trinajstić information content (AvgIpc) is 2.97. The van der Waals surface area contributed by atoms with Gasteiger partial charge in [-0.2, -0.15) is 0 Å². The number of hydrogen-bond acceptors (Lipinski definition) is 5. The van der Waals surface area contributed by atoms with E-state index in [2.05, 4.69) is 10.3 Å².